The molecule has 0 atom stereocenters. The number of halogens is 3. The van der Waals surface area contributed by atoms with Gasteiger partial charge in [0.25, 0.3) is 0 Å². The van der Waals surface area contributed by atoms with Crippen molar-refractivity contribution in [1.82, 2.24) is 0 Å². The number of hydrogen-bond donors (Lipinski definition) is 0. The quantitative estimate of drug-likeness (QED) is 0.500. The fourth-order valence-corrected chi connectivity index (χ4v) is 2.83. The maximum Gasteiger partial charge on any atom is 0.416 e. The summed E-state index contributed by atoms with van der Waals surface area (Å²) in [5.41, 5.74) is 0.353. The van der Waals surface area contributed by atoms with E-state index in [0.717, 1.165) is 32.1 Å². The predicted molar refractivity (Wildman–Crippen MR) is 83.0 cm³/mol. The molecule has 1 aromatic rings. The Hall–Kier alpha value is -1.52. The minimum absolute atomic E-state index is 0.0114. The SMILES string of the molecule is C=NOCc1ccc(C2CCCCC2)c(C(F)(F)F)c1.CC. The van der Waals surface area contributed by atoms with Crippen molar-refractivity contribution in [2.75, 3.05) is 0 Å². The third kappa shape index (κ3) is 5.04. The Bertz CT molecular complexity index is 465. The molecule has 1 saturated carbocycles. The van der Waals surface area contributed by atoms with Crippen molar-refractivity contribution < 1.29 is 18.0 Å². The maximum absolute atomic E-state index is 13.2. The fraction of sp³-hybridized carbons (Fsp3) is 0.588. The lowest BCUT2D eigenvalue weighted by Crippen LogP contribution is -2.14. The lowest BCUT2D eigenvalue weighted by molar-refractivity contribution is -0.138. The van der Waals surface area contributed by atoms with E-state index in [9.17, 15) is 13.2 Å². The summed E-state index contributed by atoms with van der Waals surface area (Å²) in [7, 11) is 0. The highest BCUT2D eigenvalue weighted by atomic mass is 19.4. The smallest absolute Gasteiger partial charge is 0.391 e. The molecule has 2 nitrogen and oxygen atoms in total. The lowest BCUT2D eigenvalue weighted by Gasteiger charge is -2.25. The highest BCUT2D eigenvalue weighted by Gasteiger charge is 2.35. The Balaban J connectivity index is 0.00000116. The zero-order valence-electron chi connectivity index (χ0n) is 13.2. The molecule has 0 aromatic heterocycles. The molecule has 0 radical (unpaired) electrons. The van der Waals surface area contributed by atoms with Crippen molar-refractivity contribution in [2.24, 2.45) is 5.16 Å². The second kappa shape index (κ2) is 8.81. The van der Waals surface area contributed by atoms with Crippen LogP contribution in [0.2, 0.25) is 0 Å². The van der Waals surface area contributed by atoms with Gasteiger partial charge in [0.15, 0.2) is 0 Å². The van der Waals surface area contributed by atoms with E-state index < -0.39 is 11.7 Å². The average Bonchev–Trinajstić information content (AvgIpc) is 2.54. The first-order chi connectivity index (χ1) is 10.5. The molecule has 0 bridgehead atoms. The minimum atomic E-state index is -4.33. The van der Waals surface area contributed by atoms with Crippen LogP contribution in [-0.4, -0.2) is 6.72 Å². The van der Waals surface area contributed by atoms with E-state index in [4.69, 9.17) is 4.84 Å². The van der Waals surface area contributed by atoms with Crippen LogP contribution in [0, 0.1) is 0 Å². The summed E-state index contributed by atoms with van der Waals surface area (Å²) < 4.78 is 39.7. The maximum atomic E-state index is 13.2. The number of oxime groups is 1. The molecular formula is C17H24F3NO. The molecular weight excluding hydrogens is 291 g/mol. The summed E-state index contributed by atoms with van der Waals surface area (Å²) in [4.78, 5) is 4.72. The Kier molecular flexibility index (Phi) is 7.42. The first-order valence-corrected chi connectivity index (χ1v) is 7.80. The first kappa shape index (κ1) is 18.5. The van der Waals surface area contributed by atoms with Gasteiger partial charge in [-0.3, -0.25) is 0 Å². The van der Waals surface area contributed by atoms with Gasteiger partial charge < -0.3 is 4.84 Å². The molecule has 124 valence electrons. The van der Waals surface area contributed by atoms with Crippen LogP contribution in [0.15, 0.2) is 23.4 Å². The van der Waals surface area contributed by atoms with Crippen LogP contribution in [0.5, 0.6) is 0 Å². The molecule has 0 N–H and O–H groups in total. The van der Waals surface area contributed by atoms with Crippen LogP contribution in [0.3, 0.4) is 0 Å². The molecule has 22 heavy (non-hydrogen) atoms. The van der Waals surface area contributed by atoms with Gasteiger partial charge in [-0.05, 0) is 36.0 Å². The zero-order chi connectivity index (χ0) is 16.6. The average molecular weight is 315 g/mol. The number of hydrogen-bond acceptors (Lipinski definition) is 2. The van der Waals surface area contributed by atoms with Crippen LogP contribution in [0.1, 0.15) is 68.6 Å². The van der Waals surface area contributed by atoms with Gasteiger partial charge >= 0.3 is 6.18 Å². The van der Waals surface area contributed by atoms with Crippen LogP contribution >= 0.6 is 0 Å². The minimum Gasteiger partial charge on any atom is -0.391 e. The normalized spacial score (nSPS) is 15.7. The predicted octanol–water partition coefficient (Wildman–Crippen LogP) is 5.91. The standard InChI is InChI=1S/C15H18F3NO.C2H6/c1-19-20-10-11-7-8-13(12-5-3-2-4-6-12)14(9-11)15(16,17)18;1-2/h7-9,12H,1-6,10H2;1-2H3. The molecule has 0 amide bonds. The summed E-state index contributed by atoms with van der Waals surface area (Å²) in [5.74, 6) is 0.0212. The molecule has 1 aliphatic carbocycles. The Morgan fingerprint density at radius 3 is 2.36 bits per heavy atom. The van der Waals surface area contributed by atoms with Gasteiger partial charge in [0.2, 0.25) is 0 Å². The van der Waals surface area contributed by atoms with E-state index in [1.165, 1.54) is 6.07 Å². The highest BCUT2D eigenvalue weighted by molar-refractivity contribution is 5.36. The van der Waals surface area contributed by atoms with Gasteiger partial charge in [-0.1, -0.05) is 45.2 Å². The Morgan fingerprint density at radius 1 is 1.18 bits per heavy atom. The number of nitrogens with zero attached hydrogens (tertiary/aromatic N) is 1. The van der Waals surface area contributed by atoms with Crippen molar-refractivity contribution in [3.63, 3.8) is 0 Å². The van der Waals surface area contributed by atoms with E-state index >= 15 is 0 Å². The third-order valence-electron chi connectivity index (χ3n) is 3.79. The lowest BCUT2D eigenvalue weighted by atomic mass is 9.81. The Labute approximate surface area is 130 Å². The van der Waals surface area contributed by atoms with E-state index in [1.54, 1.807) is 12.1 Å². The van der Waals surface area contributed by atoms with Gasteiger partial charge in [-0.25, -0.2) is 0 Å². The molecule has 1 aromatic carbocycles. The summed E-state index contributed by atoms with van der Waals surface area (Å²) >= 11 is 0. The van der Waals surface area contributed by atoms with E-state index in [0.29, 0.717) is 11.1 Å². The summed E-state index contributed by atoms with van der Waals surface area (Å²) in [6, 6.07) is 4.46. The number of alkyl halides is 3. The largest absolute Gasteiger partial charge is 0.416 e. The molecule has 5 heteroatoms. The summed E-state index contributed by atoms with van der Waals surface area (Å²) in [5, 5.41) is 3.20. The molecule has 0 spiro atoms. The third-order valence-corrected chi connectivity index (χ3v) is 3.79. The van der Waals surface area contributed by atoms with Gasteiger partial charge in [0, 0.05) is 6.72 Å². The second-order valence-electron chi connectivity index (χ2n) is 5.16. The molecule has 0 unspecified atom stereocenters. The van der Waals surface area contributed by atoms with Crippen molar-refractivity contribution in [2.45, 2.75) is 64.7 Å². The number of rotatable bonds is 4. The molecule has 0 heterocycles. The van der Waals surface area contributed by atoms with Crippen LogP contribution in [0.25, 0.3) is 0 Å². The first-order valence-electron chi connectivity index (χ1n) is 7.80. The fourth-order valence-electron chi connectivity index (χ4n) is 2.83. The molecule has 0 saturated heterocycles. The van der Waals surface area contributed by atoms with Crippen molar-refractivity contribution in [3.8, 4) is 0 Å². The van der Waals surface area contributed by atoms with Crippen molar-refractivity contribution >= 4 is 6.72 Å². The zero-order valence-corrected chi connectivity index (χ0v) is 13.2. The van der Waals surface area contributed by atoms with Crippen LogP contribution < -0.4 is 0 Å². The van der Waals surface area contributed by atoms with E-state index in [-0.39, 0.29) is 12.5 Å². The second-order valence-corrected chi connectivity index (χ2v) is 5.16. The van der Waals surface area contributed by atoms with Gasteiger partial charge in [0.1, 0.15) is 6.61 Å². The van der Waals surface area contributed by atoms with Crippen LogP contribution in [0.4, 0.5) is 13.2 Å². The molecule has 1 fully saturated rings. The summed E-state index contributed by atoms with van der Waals surface area (Å²) in [6.45, 7) is 7.15. The van der Waals surface area contributed by atoms with Gasteiger partial charge in [-0.15, -0.1) is 5.16 Å². The Morgan fingerprint density at radius 2 is 1.82 bits per heavy atom. The van der Waals surface area contributed by atoms with Crippen LogP contribution in [-0.2, 0) is 17.6 Å². The summed E-state index contributed by atoms with van der Waals surface area (Å²) in [6.07, 6.45) is 0.486. The molecule has 1 aliphatic rings. The molecule has 2 rings (SSSR count). The van der Waals surface area contributed by atoms with Crippen molar-refractivity contribution in [3.05, 3.63) is 34.9 Å². The van der Waals surface area contributed by atoms with Gasteiger partial charge in [-0.2, -0.15) is 13.2 Å². The van der Waals surface area contributed by atoms with E-state index in [1.807, 2.05) is 13.8 Å². The van der Waals surface area contributed by atoms with Crippen molar-refractivity contribution in [1.29, 1.82) is 0 Å². The molecule has 0 aliphatic heterocycles. The topological polar surface area (TPSA) is 21.6 Å². The van der Waals surface area contributed by atoms with E-state index in [2.05, 4.69) is 11.9 Å². The van der Waals surface area contributed by atoms with Gasteiger partial charge in [0.05, 0.1) is 5.56 Å². The number of benzene rings is 1. The monoisotopic (exact) mass is 315 g/mol. The highest BCUT2D eigenvalue weighted by Crippen LogP contribution is 2.41.